The number of nitrogens with one attached hydrogen (secondary N) is 1. The normalized spacial score (nSPS) is 16.4. The molecule has 0 spiro atoms. The summed E-state index contributed by atoms with van der Waals surface area (Å²) in [5.74, 6) is -0.0128. The zero-order valence-corrected chi connectivity index (χ0v) is 11.2. The lowest BCUT2D eigenvalue weighted by Crippen LogP contribution is -2.39. The topological polar surface area (TPSA) is 52.6 Å². The maximum Gasteiger partial charge on any atom is 0.243 e. The van der Waals surface area contributed by atoms with E-state index in [1.54, 1.807) is 6.92 Å². The van der Waals surface area contributed by atoms with E-state index in [2.05, 4.69) is 21.2 Å². The van der Waals surface area contributed by atoms with Crippen molar-refractivity contribution in [3.63, 3.8) is 0 Å². The van der Waals surface area contributed by atoms with Crippen molar-refractivity contribution in [2.45, 2.75) is 19.4 Å². The van der Waals surface area contributed by atoms with Gasteiger partial charge in [-0.2, -0.15) is 0 Å². The van der Waals surface area contributed by atoms with Crippen LogP contribution in [0.25, 0.3) is 0 Å². The van der Waals surface area contributed by atoms with Crippen LogP contribution >= 0.6 is 15.9 Å². The van der Waals surface area contributed by atoms with E-state index in [9.17, 15) is 9.90 Å². The fraction of sp³-hybridized carbons (Fsp3) is 0.417. The number of fused-ring (bicyclic) bond motifs is 1. The number of carbonyl (C=O) groups is 1. The molecule has 1 aromatic carbocycles. The molecule has 1 atom stereocenters. The molecule has 0 aliphatic carbocycles. The van der Waals surface area contributed by atoms with Gasteiger partial charge in [0.05, 0.1) is 24.0 Å². The third-order valence-electron chi connectivity index (χ3n) is 2.72. The van der Waals surface area contributed by atoms with Gasteiger partial charge >= 0.3 is 0 Å². The minimum Gasteiger partial charge on any atom is -0.393 e. The zero-order valence-electron chi connectivity index (χ0n) is 9.61. The Morgan fingerprint density at radius 1 is 1.59 bits per heavy atom. The van der Waals surface area contributed by atoms with E-state index < -0.39 is 0 Å². The van der Waals surface area contributed by atoms with Gasteiger partial charge in [-0.05, 0) is 31.5 Å². The molecule has 0 aromatic heterocycles. The van der Waals surface area contributed by atoms with E-state index in [1.807, 2.05) is 23.1 Å². The molecule has 0 saturated heterocycles. The minimum atomic E-state index is -0.348. The Bertz CT molecular complexity index is 435. The van der Waals surface area contributed by atoms with Crippen LogP contribution in [-0.4, -0.2) is 30.2 Å². The van der Waals surface area contributed by atoms with Crippen molar-refractivity contribution in [2.75, 3.05) is 23.3 Å². The fourth-order valence-corrected chi connectivity index (χ4v) is 2.24. The van der Waals surface area contributed by atoms with Crippen LogP contribution in [-0.2, 0) is 4.79 Å². The maximum absolute atomic E-state index is 11.6. The quantitative estimate of drug-likeness (QED) is 0.897. The first-order valence-corrected chi connectivity index (χ1v) is 6.38. The summed E-state index contributed by atoms with van der Waals surface area (Å²) in [7, 11) is 0. The first kappa shape index (κ1) is 12.4. The number of rotatable bonds is 3. The van der Waals surface area contributed by atoms with Gasteiger partial charge in [-0.1, -0.05) is 15.9 Å². The second-order valence-corrected chi connectivity index (χ2v) is 5.18. The number of benzene rings is 1. The molecular weight excluding hydrogens is 284 g/mol. The Morgan fingerprint density at radius 2 is 2.35 bits per heavy atom. The van der Waals surface area contributed by atoms with E-state index in [-0.39, 0.29) is 12.0 Å². The number of hydrogen-bond acceptors (Lipinski definition) is 3. The summed E-state index contributed by atoms with van der Waals surface area (Å²) in [6, 6.07) is 5.81. The Hall–Kier alpha value is -1.07. The highest BCUT2D eigenvalue weighted by Gasteiger charge is 2.21. The number of amides is 1. The zero-order chi connectivity index (χ0) is 12.4. The van der Waals surface area contributed by atoms with Crippen LogP contribution in [0.3, 0.4) is 0 Å². The van der Waals surface area contributed by atoms with E-state index in [4.69, 9.17) is 0 Å². The number of aliphatic hydroxyl groups is 1. The fourth-order valence-electron chi connectivity index (χ4n) is 1.87. The minimum absolute atomic E-state index is 0.0128. The van der Waals surface area contributed by atoms with Crippen LogP contribution in [0.5, 0.6) is 0 Å². The highest BCUT2D eigenvalue weighted by molar-refractivity contribution is 9.10. The molecule has 5 heteroatoms. The van der Waals surface area contributed by atoms with Crippen molar-refractivity contribution in [3.05, 3.63) is 22.7 Å². The van der Waals surface area contributed by atoms with Gasteiger partial charge in [0.1, 0.15) is 0 Å². The highest BCUT2D eigenvalue weighted by Crippen LogP contribution is 2.32. The molecule has 2 rings (SSSR count). The van der Waals surface area contributed by atoms with Crippen LogP contribution in [0.4, 0.5) is 11.4 Å². The summed E-state index contributed by atoms with van der Waals surface area (Å²) < 4.78 is 0.939. The smallest absolute Gasteiger partial charge is 0.243 e. The molecule has 2 N–H and O–H groups in total. The first-order chi connectivity index (χ1) is 8.06. The molecule has 4 nitrogen and oxygen atoms in total. The van der Waals surface area contributed by atoms with E-state index >= 15 is 0 Å². The lowest BCUT2D eigenvalue weighted by Gasteiger charge is -2.31. The van der Waals surface area contributed by atoms with Crippen LogP contribution < -0.4 is 10.2 Å². The summed E-state index contributed by atoms with van der Waals surface area (Å²) in [6.45, 7) is 2.79. The molecule has 1 amide bonds. The second-order valence-electron chi connectivity index (χ2n) is 4.27. The molecule has 17 heavy (non-hydrogen) atoms. The molecule has 0 radical (unpaired) electrons. The SMILES string of the molecule is CC(O)CCN1CC(=O)Nc2cc(Br)ccc21. The number of nitrogens with zero attached hydrogens (tertiary/aromatic N) is 1. The van der Waals surface area contributed by atoms with Crippen LogP contribution in [0.15, 0.2) is 22.7 Å². The summed E-state index contributed by atoms with van der Waals surface area (Å²) >= 11 is 3.38. The van der Waals surface area contributed by atoms with Crippen LogP contribution in [0, 0.1) is 0 Å². The molecule has 1 aliphatic heterocycles. The van der Waals surface area contributed by atoms with Gasteiger partial charge < -0.3 is 15.3 Å². The van der Waals surface area contributed by atoms with Crippen LogP contribution in [0.1, 0.15) is 13.3 Å². The molecule has 1 heterocycles. The Morgan fingerprint density at radius 3 is 3.06 bits per heavy atom. The van der Waals surface area contributed by atoms with E-state index in [0.717, 1.165) is 15.8 Å². The third kappa shape index (κ3) is 2.98. The number of halogens is 1. The molecule has 0 fully saturated rings. The largest absolute Gasteiger partial charge is 0.393 e. The summed E-state index contributed by atoms with van der Waals surface area (Å²) in [5.41, 5.74) is 1.83. The van der Waals surface area contributed by atoms with Gasteiger partial charge in [0, 0.05) is 11.0 Å². The molecule has 0 saturated carbocycles. The number of hydrogen-bond donors (Lipinski definition) is 2. The van der Waals surface area contributed by atoms with Crippen molar-refractivity contribution in [2.24, 2.45) is 0 Å². The highest BCUT2D eigenvalue weighted by atomic mass is 79.9. The first-order valence-electron chi connectivity index (χ1n) is 5.58. The summed E-state index contributed by atoms with van der Waals surface area (Å²) in [5, 5.41) is 12.2. The van der Waals surface area contributed by atoms with Crippen molar-refractivity contribution in [1.82, 2.24) is 0 Å². The molecule has 92 valence electrons. The molecular formula is C12H15BrN2O2. The monoisotopic (exact) mass is 298 g/mol. The predicted molar refractivity (Wildman–Crippen MR) is 71.3 cm³/mol. The van der Waals surface area contributed by atoms with E-state index in [0.29, 0.717) is 19.5 Å². The van der Waals surface area contributed by atoms with Gasteiger partial charge in [-0.15, -0.1) is 0 Å². The molecule has 1 unspecified atom stereocenters. The Balaban J connectivity index is 2.22. The lowest BCUT2D eigenvalue weighted by molar-refractivity contribution is -0.115. The standard InChI is InChI=1S/C12H15BrN2O2/c1-8(16)4-5-15-7-12(17)14-10-6-9(13)2-3-11(10)15/h2-3,6,8,16H,4-5,7H2,1H3,(H,14,17). The maximum atomic E-state index is 11.6. The predicted octanol–water partition coefficient (Wildman–Crippen LogP) is 1.98. The number of carbonyl (C=O) groups excluding carboxylic acids is 1. The van der Waals surface area contributed by atoms with Crippen molar-refractivity contribution >= 4 is 33.2 Å². The number of aliphatic hydroxyl groups excluding tert-OH is 1. The second kappa shape index (κ2) is 5.06. The average Bonchev–Trinajstić information content (AvgIpc) is 2.24. The summed E-state index contributed by atoms with van der Waals surface area (Å²) in [4.78, 5) is 13.6. The lowest BCUT2D eigenvalue weighted by atomic mass is 10.1. The Kier molecular flexibility index (Phi) is 3.69. The number of anilines is 2. The van der Waals surface area contributed by atoms with Gasteiger partial charge in [0.15, 0.2) is 0 Å². The van der Waals surface area contributed by atoms with Crippen LogP contribution in [0.2, 0.25) is 0 Å². The van der Waals surface area contributed by atoms with Gasteiger partial charge in [0.25, 0.3) is 0 Å². The molecule has 0 bridgehead atoms. The summed E-state index contributed by atoms with van der Waals surface area (Å²) in [6.07, 6.45) is 0.307. The van der Waals surface area contributed by atoms with Crippen molar-refractivity contribution in [1.29, 1.82) is 0 Å². The van der Waals surface area contributed by atoms with Gasteiger partial charge in [-0.25, -0.2) is 0 Å². The van der Waals surface area contributed by atoms with E-state index in [1.165, 1.54) is 0 Å². The molecule has 1 aliphatic rings. The average molecular weight is 299 g/mol. The van der Waals surface area contributed by atoms with Crippen molar-refractivity contribution in [3.8, 4) is 0 Å². The Labute approximate surface area is 109 Å². The van der Waals surface area contributed by atoms with Gasteiger partial charge in [-0.3, -0.25) is 4.79 Å². The third-order valence-corrected chi connectivity index (χ3v) is 3.22. The molecule has 1 aromatic rings. The van der Waals surface area contributed by atoms with Gasteiger partial charge in [0.2, 0.25) is 5.91 Å². The van der Waals surface area contributed by atoms with Crippen molar-refractivity contribution < 1.29 is 9.90 Å².